The van der Waals surface area contributed by atoms with Crippen molar-refractivity contribution < 1.29 is 23.8 Å². The van der Waals surface area contributed by atoms with Gasteiger partial charge in [0.1, 0.15) is 0 Å². The highest BCUT2D eigenvalue weighted by molar-refractivity contribution is 5.92. The first kappa shape index (κ1) is 15.6. The molecule has 1 aromatic heterocycles. The summed E-state index contributed by atoms with van der Waals surface area (Å²) in [7, 11) is 2.64. The number of para-hydroxylation sites is 1. The van der Waals surface area contributed by atoms with Crippen molar-refractivity contribution in [3.05, 3.63) is 42.2 Å². The topological polar surface area (TPSA) is 79.7 Å². The van der Waals surface area contributed by atoms with E-state index in [0.717, 1.165) is 5.69 Å². The number of hydrogen-bond donors (Lipinski definition) is 0. The standard InChI is InChI=1S/C15H16N2O5/c1-10(14(18)21-3)22-15(19)13-12(20-2)9-17(16-13)11-7-5-4-6-8-11/h4-10H,1-3H3/t10-/m1/s1. The van der Waals surface area contributed by atoms with Crippen LogP contribution in [0, 0.1) is 0 Å². The van der Waals surface area contributed by atoms with Crippen molar-refractivity contribution >= 4 is 11.9 Å². The molecule has 0 aliphatic rings. The molecule has 0 fully saturated rings. The van der Waals surface area contributed by atoms with E-state index in [9.17, 15) is 9.59 Å². The Balaban J connectivity index is 2.25. The molecule has 0 spiro atoms. The summed E-state index contributed by atoms with van der Waals surface area (Å²) in [5, 5.41) is 4.15. The Morgan fingerprint density at radius 3 is 2.45 bits per heavy atom. The maximum atomic E-state index is 12.1. The quantitative estimate of drug-likeness (QED) is 0.781. The molecule has 0 radical (unpaired) electrons. The van der Waals surface area contributed by atoms with E-state index in [2.05, 4.69) is 9.84 Å². The Morgan fingerprint density at radius 1 is 1.18 bits per heavy atom. The minimum absolute atomic E-state index is 0.0119. The molecular weight excluding hydrogens is 288 g/mol. The Labute approximate surface area is 127 Å². The van der Waals surface area contributed by atoms with Crippen LogP contribution in [0.5, 0.6) is 5.75 Å². The summed E-state index contributed by atoms with van der Waals surface area (Å²) in [6.45, 7) is 1.42. The van der Waals surface area contributed by atoms with Crippen molar-refractivity contribution in [2.45, 2.75) is 13.0 Å². The van der Waals surface area contributed by atoms with Gasteiger partial charge in [0, 0.05) is 0 Å². The van der Waals surface area contributed by atoms with Crippen molar-refractivity contribution in [2.24, 2.45) is 0 Å². The Morgan fingerprint density at radius 2 is 1.86 bits per heavy atom. The number of nitrogens with zero attached hydrogens (tertiary/aromatic N) is 2. The minimum Gasteiger partial charge on any atom is -0.493 e. The van der Waals surface area contributed by atoms with Gasteiger partial charge in [0.2, 0.25) is 5.69 Å². The van der Waals surface area contributed by atoms with Crippen LogP contribution in [0.2, 0.25) is 0 Å². The van der Waals surface area contributed by atoms with Crippen molar-refractivity contribution in [1.82, 2.24) is 9.78 Å². The second-order valence-electron chi connectivity index (χ2n) is 4.40. The monoisotopic (exact) mass is 304 g/mol. The zero-order chi connectivity index (χ0) is 16.1. The summed E-state index contributed by atoms with van der Waals surface area (Å²) >= 11 is 0. The van der Waals surface area contributed by atoms with E-state index >= 15 is 0 Å². The van der Waals surface area contributed by atoms with Crippen LogP contribution in [0.15, 0.2) is 36.5 Å². The van der Waals surface area contributed by atoms with Crippen molar-refractivity contribution in [1.29, 1.82) is 0 Å². The first-order chi connectivity index (χ1) is 10.6. The molecule has 2 aromatic rings. The Bertz CT molecular complexity index is 666. The van der Waals surface area contributed by atoms with Gasteiger partial charge < -0.3 is 14.2 Å². The fraction of sp³-hybridized carbons (Fsp3) is 0.267. The highest BCUT2D eigenvalue weighted by Crippen LogP contribution is 2.20. The van der Waals surface area contributed by atoms with Crippen LogP contribution < -0.4 is 4.74 Å². The second-order valence-corrected chi connectivity index (χ2v) is 4.40. The lowest BCUT2D eigenvalue weighted by Crippen LogP contribution is -2.25. The van der Waals surface area contributed by atoms with E-state index in [-0.39, 0.29) is 11.4 Å². The lowest BCUT2D eigenvalue weighted by molar-refractivity contribution is -0.149. The molecule has 0 bridgehead atoms. The molecule has 22 heavy (non-hydrogen) atoms. The van der Waals surface area contributed by atoms with Gasteiger partial charge >= 0.3 is 11.9 Å². The predicted molar refractivity (Wildman–Crippen MR) is 77.0 cm³/mol. The SMILES string of the molecule is COC(=O)[C@@H](C)OC(=O)c1nn(-c2ccccc2)cc1OC. The van der Waals surface area contributed by atoms with Gasteiger partial charge in [-0.1, -0.05) is 18.2 Å². The van der Waals surface area contributed by atoms with Gasteiger partial charge in [-0.15, -0.1) is 0 Å². The lowest BCUT2D eigenvalue weighted by Gasteiger charge is -2.09. The molecule has 1 aromatic carbocycles. The Hall–Kier alpha value is -2.83. The first-order valence-corrected chi connectivity index (χ1v) is 6.54. The average molecular weight is 304 g/mol. The maximum Gasteiger partial charge on any atom is 0.363 e. The molecule has 0 aliphatic heterocycles. The van der Waals surface area contributed by atoms with Crippen molar-refractivity contribution in [3.8, 4) is 11.4 Å². The average Bonchev–Trinajstić information content (AvgIpc) is 2.99. The fourth-order valence-corrected chi connectivity index (χ4v) is 1.79. The van der Waals surface area contributed by atoms with Crippen LogP contribution >= 0.6 is 0 Å². The largest absolute Gasteiger partial charge is 0.493 e. The third-order valence-corrected chi connectivity index (χ3v) is 2.93. The Kier molecular flexibility index (Phi) is 4.77. The van der Waals surface area contributed by atoms with E-state index in [1.165, 1.54) is 25.8 Å². The molecule has 0 saturated carbocycles. The number of rotatable bonds is 5. The summed E-state index contributed by atoms with van der Waals surface area (Å²) in [6.07, 6.45) is 0.540. The van der Waals surface area contributed by atoms with E-state index in [0.29, 0.717) is 0 Å². The van der Waals surface area contributed by atoms with Gasteiger partial charge in [-0.05, 0) is 19.1 Å². The molecule has 7 nitrogen and oxygen atoms in total. The molecule has 0 amide bonds. The van der Waals surface area contributed by atoms with Crippen LogP contribution in [0.3, 0.4) is 0 Å². The molecular formula is C15H16N2O5. The zero-order valence-electron chi connectivity index (χ0n) is 12.5. The van der Waals surface area contributed by atoms with Crippen LogP contribution in [0.25, 0.3) is 5.69 Å². The van der Waals surface area contributed by atoms with E-state index < -0.39 is 18.0 Å². The molecule has 0 aliphatic carbocycles. The molecule has 1 heterocycles. The third kappa shape index (κ3) is 3.25. The molecule has 0 saturated heterocycles. The number of methoxy groups -OCH3 is 2. The van der Waals surface area contributed by atoms with Crippen molar-refractivity contribution in [2.75, 3.05) is 14.2 Å². The number of benzene rings is 1. The normalized spacial score (nSPS) is 11.6. The smallest absolute Gasteiger partial charge is 0.363 e. The van der Waals surface area contributed by atoms with Crippen LogP contribution in [0.4, 0.5) is 0 Å². The van der Waals surface area contributed by atoms with Gasteiger partial charge in [0.05, 0.1) is 26.1 Å². The number of ether oxygens (including phenoxy) is 3. The van der Waals surface area contributed by atoms with Crippen LogP contribution in [-0.4, -0.2) is 42.0 Å². The summed E-state index contributed by atoms with van der Waals surface area (Å²) in [5.74, 6) is -1.15. The summed E-state index contributed by atoms with van der Waals surface area (Å²) in [5.41, 5.74) is 0.753. The zero-order valence-corrected chi connectivity index (χ0v) is 12.5. The van der Waals surface area contributed by atoms with Gasteiger partial charge in [-0.25, -0.2) is 14.3 Å². The minimum atomic E-state index is -1.02. The molecule has 2 rings (SSSR count). The number of aromatic nitrogens is 2. The van der Waals surface area contributed by atoms with Gasteiger partial charge in [-0.2, -0.15) is 5.10 Å². The second kappa shape index (κ2) is 6.75. The van der Waals surface area contributed by atoms with Gasteiger partial charge in [0.15, 0.2) is 11.9 Å². The summed E-state index contributed by atoms with van der Waals surface area (Å²) < 4.78 is 16.2. The predicted octanol–water partition coefficient (Wildman–Crippen LogP) is 1.60. The lowest BCUT2D eigenvalue weighted by atomic mass is 10.3. The highest BCUT2D eigenvalue weighted by atomic mass is 16.6. The molecule has 0 N–H and O–H groups in total. The maximum absolute atomic E-state index is 12.1. The first-order valence-electron chi connectivity index (χ1n) is 6.54. The van der Waals surface area contributed by atoms with Crippen LogP contribution in [-0.2, 0) is 14.3 Å². The van der Waals surface area contributed by atoms with Crippen molar-refractivity contribution in [3.63, 3.8) is 0 Å². The number of carbonyl (C=O) groups is 2. The molecule has 1 atom stereocenters. The summed E-state index contributed by atoms with van der Waals surface area (Å²) in [6, 6.07) is 9.23. The van der Waals surface area contributed by atoms with Crippen LogP contribution in [0.1, 0.15) is 17.4 Å². The molecule has 116 valence electrons. The van der Waals surface area contributed by atoms with Gasteiger partial charge in [-0.3, -0.25) is 0 Å². The third-order valence-electron chi connectivity index (χ3n) is 2.93. The highest BCUT2D eigenvalue weighted by Gasteiger charge is 2.25. The molecule has 0 unspecified atom stereocenters. The van der Waals surface area contributed by atoms with Gasteiger partial charge in [0.25, 0.3) is 0 Å². The van der Waals surface area contributed by atoms with E-state index in [4.69, 9.17) is 9.47 Å². The number of esters is 2. The summed E-state index contributed by atoms with van der Waals surface area (Å²) in [4.78, 5) is 23.4. The number of carbonyl (C=O) groups excluding carboxylic acids is 2. The number of hydrogen-bond acceptors (Lipinski definition) is 6. The van der Waals surface area contributed by atoms with E-state index in [1.807, 2.05) is 30.3 Å². The fourth-order valence-electron chi connectivity index (χ4n) is 1.79. The molecule has 7 heteroatoms. The van der Waals surface area contributed by atoms with E-state index in [1.54, 1.807) is 6.20 Å².